The van der Waals surface area contributed by atoms with Crippen molar-refractivity contribution in [2.24, 2.45) is 0 Å². The van der Waals surface area contributed by atoms with Crippen molar-refractivity contribution in [3.05, 3.63) is 107 Å². The maximum Gasteiger partial charge on any atom is 0.272 e. The summed E-state index contributed by atoms with van der Waals surface area (Å²) in [5, 5.41) is 2.59. The molecule has 8 nitrogen and oxygen atoms in total. The number of carbonyl (C=O) groups is 4. The van der Waals surface area contributed by atoms with Crippen molar-refractivity contribution < 1.29 is 19.2 Å². The van der Waals surface area contributed by atoms with Crippen LogP contribution in [0.5, 0.6) is 0 Å². The zero-order valence-electron chi connectivity index (χ0n) is 22.6. The molecule has 198 valence electrons. The van der Waals surface area contributed by atoms with Gasteiger partial charge in [0.2, 0.25) is 0 Å². The molecular weight excluding hydrogens is 480 g/mol. The number of hydrogen-bond donors (Lipinski definition) is 2. The zero-order chi connectivity index (χ0) is 28.1. The SMILES string of the molecule is CC(C)(C)N(NC(=O)c1ccc(C(=O)NN(C(=O)c2ccccc2)C(C)(C)C)cc1)C(=O)c1ccccc1. The zero-order valence-corrected chi connectivity index (χ0v) is 22.6. The van der Waals surface area contributed by atoms with E-state index in [1.165, 1.54) is 34.3 Å². The van der Waals surface area contributed by atoms with Crippen LogP contribution in [0.1, 0.15) is 83.0 Å². The molecule has 0 atom stereocenters. The Morgan fingerprint density at radius 2 is 0.763 bits per heavy atom. The monoisotopic (exact) mass is 514 g/mol. The molecule has 0 aliphatic rings. The molecule has 4 amide bonds. The number of rotatable bonds is 4. The minimum absolute atomic E-state index is 0.268. The molecule has 3 rings (SSSR count). The molecular formula is C30H34N4O4. The van der Waals surface area contributed by atoms with E-state index in [0.717, 1.165) is 0 Å². The van der Waals surface area contributed by atoms with Gasteiger partial charge in [-0.25, -0.2) is 10.0 Å². The predicted molar refractivity (Wildman–Crippen MR) is 146 cm³/mol. The first-order chi connectivity index (χ1) is 17.8. The Labute approximate surface area is 223 Å². The quantitative estimate of drug-likeness (QED) is 0.486. The van der Waals surface area contributed by atoms with Crippen LogP contribution in [0.15, 0.2) is 84.9 Å². The lowest BCUT2D eigenvalue weighted by Gasteiger charge is -2.35. The van der Waals surface area contributed by atoms with Gasteiger partial charge in [0.1, 0.15) is 0 Å². The number of hydrazine groups is 2. The molecule has 3 aromatic rings. The summed E-state index contributed by atoms with van der Waals surface area (Å²) in [7, 11) is 0. The van der Waals surface area contributed by atoms with Crippen molar-refractivity contribution in [2.45, 2.75) is 52.6 Å². The van der Waals surface area contributed by atoms with Crippen LogP contribution in [-0.2, 0) is 0 Å². The summed E-state index contributed by atoms with van der Waals surface area (Å²) in [6.45, 7) is 10.9. The van der Waals surface area contributed by atoms with E-state index in [-0.39, 0.29) is 22.9 Å². The van der Waals surface area contributed by atoms with Gasteiger partial charge in [-0.15, -0.1) is 0 Å². The van der Waals surface area contributed by atoms with Crippen molar-refractivity contribution in [1.82, 2.24) is 20.9 Å². The molecule has 3 aromatic carbocycles. The Kier molecular flexibility index (Phi) is 8.36. The van der Waals surface area contributed by atoms with Crippen LogP contribution in [-0.4, -0.2) is 44.7 Å². The Hall–Kier alpha value is -4.46. The lowest BCUT2D eigenvalue weighted by molar-refractivity contribution is 0.0355. The topological polar surface area (TPSA) is 98.8 Å². The molecule has 2 N–H and O–H groups in total. The molecule has 38 heavy (non-hydrogen) atoms. The van der Waals surface area contributed by atoms with Crippen LogP contribution >= 0.6 is 0 Å². The molecule has 0 saturated heterocycles. The Balaban J connectivity index is 1.75. The van der Waals surface area contributed by atoms with Crippen LogP contribution in [0.25, 0.3) is 0 Å². The van der Waals surface area contributed by atoms with Crippen LogP contribution in [0.2, 0.25) is 0 Å². The average Bonchev–Trinajstić information content (AvgIpc) is 2.89. The first-order valence-electron chi connectivity index (χ1n) is 12.3. The lowest BCUT2D eigenvalue weighted by atomic mass is 10.1. The number of hydrogen-bond acceptors (Lipinski definition) is 4. The molecule has 0 radical (unpaired) electrons. The van der Waals surface area contributed by atoms with Crippen LogP contribution < -0.4 is 10.9 Å². The van der Waals surface area contributed by atoms with Gasteiger partial charge >= 0.3 is 0 Å². The largest absolute Gasteiger partial charge is 0.272 e. The van der Waals surface area contributed by atoms with E-state index in [9.17, 15) is 19.2 Å². The van der Waals surface area contributed by atoms with Crippen molar-refractivity contribution in [2.75, 3.05) is 0 Å². The first kappa shape index (κ1) is 28.1. The number of nitrogens with one attached hydrogen (secondary N) is 2. The fraction of sp³-hybridized carbons (Fsp3) is 0.267. The Morgan fingerprint density at radius 1 is 0.474 bits per heavy atom. The molecule has 0 saturated carbocycles. The third kappa shape index (κ3) is 6.85. The fourth-order valence-electron chi connectivity index (χ4n) is 3.57. The summed E-state index contributed by atoms with van der Waals surface area (Å²) in [6.07, 6.45) is 0. The summed E-state index contributed by atoms with van der Waals surface area (Å²) in [5.41, 5.74) is 5.44. The van der Waals surface area contributed by atoms with Gasteiger partial charge in [-0.05, 0) is 90.1 Å². The van der Waals surface area contributed by atoms with Crippen LogP contribution in [0.4, 0.5) is 0 Å². The smallest absolute Gasteiger partial charge is 0.267 e. The molecule has 0 spiro atoms. The fourth-order valence-corrected chi connectivity index (χ4v) is 3.57. The molecule has 8 heteroatoms. The lowest BCUT2D eigenvalue weighted by Crippen LogP contribution is -2.56. The number of nitrogens with zero attached hydrogens (tertiary/aromatic N) is 2. The van der Waals surface area contributed by atoms with Crippen LogP contribution in [0.3, 0.4) is 0 Å². The van der Waals surface area contributed by atoms with E-state index in [4.69, 9.17) is 0 Å². The Bertz CT molecular complexity index is 1190. The van der Waals surface area contributed by atoms with E-state index in [2.05, 4.69) is 10.9 Å². The maximum absolute atomic E-state index is 13.1. The minimum Gasteiger partial charge on any atom is -0.267 e. The number of carbonyl (C=O) groups excluding carboxylic acids is 4. The van der Waals surface area contributed by atoms with E-state index in [1.54, 1.807) is 48.5 Å². The van der Waals surface area contributed by atoms with Crippen molar-refractivity contribution in [3.63, 3.8) is 0 Å². The van der Waals surface area contributed by atoms with Crippen LogP contribution in [0, 0.1) is 0 Å². The van der Waals surface area contributed by atoms with Crippen molar-refractivity contribution in [1.29, 1.82) is 0 Å². The first-order valence-corrected chi connectivity index (χ1v) is 12.3. The highest BCUT2D eigenvalue weighted by Gasteiger charge is 2.31. The normalized spacial score (nSPS) is 11.3. The predicted octanol–water partition coefficient (Wildman–Crippen LogP) is 4.86. The summed E-state index contributed by atoms with van der Waals surface area (Å²) in [5.74, 6) is -1.67. The third-order valence-corrected chi connectivity index (χ3v) is 5.63. The second-order valence-corrected chi connectivity index (χ2v) is 10.8. The molecule has 0 heterocycles. The van der Waals surface area contributed by atoms with Gasteiger partial charge in [0.25, 0.3) is 23.6 Å². The van der Waals surface area contributed by atoms with Gasteiger partial charge in [-0.3, -0.25) is 30.0 Å². The van der Waals surface area contributed by atoms with Gasteiger partial charge in [-0.1, -0.05) is 36.4 Å². The second-order valence-electron chi connectivity index (χ2n) is 10.8. The molecule has 0 aromatic heterocycles. The molecule has 0 fully saturated rings. The van der Waals surface area contributed by atoms with Gasteiger partial charge in [0.15, 0.2) is 0 Å². The maximum atomic E-state index is 13.1. The molecule has 0 unspecified atom stereocenters. The molecule has 0 aliphatic heterocycles. The number of amides is 4. The standard InChI is InChI=1S/C30H34N4O4/c1-29(2,3)33(27(37)23-13-9-7-10-14-23)31-25(35)21-17-19-22(20-18-21)26(36)32-34(30(4,5)6)28(38)24-15-11-8-12-16-24/h7-20H,1-6H3,(H,31,35)(H,32,36). The highest BCUT2D eigenvalue weighted by molar-refractivity contribution is 6.01. The van der Waals surface area contributed by atoms with Gasteiger partial charge in [0.05, 0.1) is 11.1 Å². The molecule has 0 bridgehead atoms. The average molecular weight is 515 g/mol. The number of benzene rings is 3. The summed E-state index contributed by atoms with van der Waals surface area (Å²) >= 11 is 0. The summed E-state index contributed by atoms with van der Waals surface area (Å²) in [4.78, 5) is 52.2. The van der Waals surface area contributed by atoms with E-state index in [0.29, 0.717) is 11.1 Å². The van der Waals surface area contributed by atoms with Crippen molar-refractivity contribution >= 4 is 23.6 Å². The highest BCUT2D eigenvalue weighted by atomic mass is 16.2. The van der Waals surface area contributed by atoms with E-state index in [1.807, 2.05) is 53.7 Å². The van der Waals surface area contributed by atoms with Crippen molar-refractivity contribution in [3.8, 4) is 0 Å². The van der Waals surface area contributed by atoms with Gasteiger partial charge in [-0.2, -0.15) is 0 Å². The third-order valence-electron chi connectivity index (χ3n) is 5.63. The van der Waals surface area contributed by atoms with E-state index < -0.39 is 22.9 Å². The second kappa shape index (κ2) is 11.3. The van der Waals surface area contributed by atoms with Gasteiger partial charge < -0.3 is 0 Å². The minimum atomic E-state index is -0.690. The summed E-state index contributed by atoms with van der Waals surface area (Å²) in [6, 6.07) is 23.4. The summed E-state index contributed by atoms with van der Waals surface area (Å²) < 4.78 is 0. The molecule has 0 aliphatic carbocycles. The highest BCUT2D eigenvalue weighted by Crippen LogP contribution is 2.18. The van der Waals surface area contributed by atoms with E-state index >= 15 is 0 Å². The van der Waals surface area contributed by atoms with Gasteiger partial charge in [0, 0.05) is 22.3 Å². The Morgan fingerprint density at radius 3 is 1.03 bits per heavy atom.